The van der Waals surface area contributed by atoms with Crippen LogP contribution in [0.25, 0.3) is 6.08 Å². The zero-order valence-electron chi connectivity index (χ0n) is 14.7. The molecule has 0 unspecified atom stereocenters. The van der Waals surface area contributed by atoms with Crippen LogP contribution in [0.4, 0.5) is 4.79 Å². The monoisotopic (exact) mass is 540 g/mol. The molecule has 0 radical (unpaired) electrons. The number of imide groups is 1. The standard InChI is InChI=1S/C20H18BrIN2O3/c1-2-9-24-19(25)17(23-20(24)26)11-14-5-8-18(16(22)10-14)27-12-13-3-6-15(21)7-4-13/h3-8,10-11H,2,9,12H2,1H3,(H,23,26)/b17-11+. The van der Waals surface area contributed by atoms with Crippen molar-refractivity contribution in [3.05, 3.63) is 67.3 Å². The summed E-state index contributed by atoms with van der Waals surface area (Å²) >= 11 is 5.62. The number of benzene rings is 2. The number of nitrogens with zero attached hydrogens (tertiary/aromatic N) is 1. The molecule has 2 aromatic carbocycles. The number of halogens is 2. The largest absolute Gasteiger partial charge is 0.488 e. The molecule has 1 aliphatic rings. The lowest BCUT2D eigenvalue weighted by atomic mass is 10.2. The molecular formula is C20H18BrIN2O3. The minimum atomic E-state index is -0.364. The van der Waals surface area contributed by atoms with Crippen molar-refractivity contribution < 1.29 is 14.3 Å². The number of hydrogen-bond donors (Lipinski definition) is 1. The molecule has 3 rings (SSSR count). The first-order valence-corrected chi connectivity index (χ1v) is 10.4. The van der Waals surface area contributed by atoms with Crippen molar-refractivity contribution in [1.29, 1.82) is 0 Å². The third kappa shape index (κ3) is 4.90. The second kappa shape index (κ2) is 8.88. The third-order valence-corrected chi connectivity index (χ3v) is 5.36. The molecule has 5 nitrogen and oxygen atoms in total. The molecule has 0 aliphatic carbocycles. The van der Waals surface area contributed by atoms with Crippen LogP contribution in [0.1, 0.15) is 24.5 Å². The highest BCUT2D eigenvalue weighted by Gasteiger charge is 2.32. The third-order valence-electron chi connectivity index (χ3n) is 3.98. The van der Waals surface area contributed by atoms with Crippen molar-refractivity contribution in [2.75, 3.05) is 6.54 Å². The molecule has 0 aromatic heterocycles. The maximum atomic E-state index is 12.3. The first-order valence-electron chi connectivity index (χ1n) is 8.49. The molecular weight excluding hydrogens is 523 g/mol. The lowest BCUT2D eigenvalue weighted by Crippen LogP contribution is -2.31. The molecule has 0 bridgehead atoms. The van der Waals surface area contributed by atoms with E-state index >= 15 is 0 Å². The van der Waals surface area contributed by atoms with Crippen LogP contribution in [0.3, 0.4) is 0 Å². The highest BCUT2D eigenvalue weighted by molar-refractivity contribution is 14.1. The van der Waals surface area contributed by atoms with Gasteiger partial charge in [-0.1, -0.05) is 41.1 Å². The first-order chi connectivity index (χ1) is 13.0. The van der Waals surface area contributed by atoms with Crippen LogP contribution in [0, 0.1) is 3.57 Å². The van der Waals surface area contributed by atoms with E-state index in [9.17, 15) is 9.59 Å². The molecule has 0 saturated carbocycles. The predicted molar refractivity (Wildman–Crippen MR) is 116 cm³/mol. The zero-order chi connectivity index (χ0) is 19.4. The Labute approximate surface area is 180 Å². The van der Waals surface area contributed by atoms with Gasteiger partial charge in [0.05, 0.1) is 3.57 Å². The molecule has 0 spiro atoms. The van der Waals surface area contributed by atoms with Crippen LogP contribution >= 0.6 is 38.5 Å². The number of carbonyl (C=O) groups is 2. The lowest BCUT2D eigenvalue weighted by molar-refractivity contribution is -0.122. The fraction of sp³-hybridized carbons (Fsp3) is 0.200. The van der Waals surface area contributed by atoms with Crippen molar-refractivity contribution in [3.63, 3.8) is 0 Å². The first kappa shape index (κ1) is 19.9. The van der Waals surface area contributed by atoms with Gasteiger partial charge in [-0.05, 0) is 70.5 Å². The summed E-state index contributed by atoms with van der Waals surface area (Å²) in [6, 6.07) is 13.3. The highest BCUT2D eigenvalue weighted by atomic mass is 127. The summed E-state index contributed by atoms with van der Waals surface area (Å²) in [4.78, 5) is 25.4. The van der Waals surface area contributed by atoms with Crippen molar-refractivity contribution in [3.8, 4) is 5.75 Å². The van der Waals surface area contributed by atoms with Gasteiger partial charge in [0.25, 0.3) is 5.91 Å². The van der Waals surface area contributed by atoms with Crippen LogP contribution < -0.4 is 10.1 Å². The van der Waals surface area contributed by atoms with Crippen molar-refractivity contribution in [2.45, 2.75) is 20.0 Å². The van der Waals surface area contributed by atoms with Gasteiger partial charge in [-0.25, -0.2) is 4.79 Å². The smallest absolute Gasteiger partial charge is 0.329 e. The van der Waals surface area contributed by atoms with E-state index in [0.717, 1.165) is 31.3 Å². The van der Waals surface area contributed by atoms with Crippen molar-refractivity contribution >= 4 is 56.5 Å². The summed E-state index contributed by atoms with van der Waals surface area (Å²) in [7, 11) is 0. The van der Waals surface area contributed by atoms with Crippen LogP contribution in [-0.2, 0) is 11.4 Å². The maximum Gasteiger partial charge on any atom is 0.329 e. The summed E-state index contributed by atoms with van der Waals surface area (Å²) in [6.45, 7) is 2.82. The van der Waals surface area contributed by atoms with Gasteiger partial charge >= 0.3 is 6.03 Å². The highest BCUT2D eigenvalue weighted by Crippen LogP contribution is 2.25. The number of urea groups is 1. The van der Waals surface area contributed by atoms with E-state index in [1.54, 1.807) is 6.08 Å². The molecule has 1 N–H and O–H groups in total. The van der Waals surface area contributed by atoms with Gasteiger partial charge in [0, 0.05) is 11.0 Å². The second-order valence-corrected chi connectivity index (χ2v) is 8.13. The van der Waals surface area contributed by atoms with Gasteiger partial charge in [0.1, 0.15) is 18.1 Å². The Balaban J connectivity index is 1.70. The van der Waals surface area contributed by atoms with E-state index < -0.39 is 0 Å². The Morgan fingerprint density at radius 1 is 1.19 bits per heavy atom. The topological polar surface area (TPSA) is 58.6 Å². The summed E-state index contributed by atoms with van der Waals surface area (Å²) in [5.74, 6) is 0.488. The summed E-state index contributed by atoms with van der Waals surface area (Å²) in [6.07, 6.45) is 2.42. The van der Waals surface area contributed by atoms with Gasteiger partial charge in [0.15, 0.2) is 0 Å². The van der Waals surface area contributed by atoms with E-state index in [0.29, 0.717) is 18.8 Å². The van der Waals surface area contributed by atoms with Crippen LogP contribution in [0.15, 0.2) is 52.6 Å². The number of hydrogen-bond acceptors (Lipinski definition) is 3. The molecule has 0 atom stereocenters. The Bertz CT molecular complexity index is 897. The van der Waals surface area contributed by atoms with E-state index in [4.69, 9.17) is 4.74 Å². The van der Waals surface area contributed by atoms with Crippen LogP contribution in [0.5, 0.6) is 5.75 Å². The molecule has 7 heteroatoms. The number of carbonyl (C=O) groups excluding carboxylic acids is 2. The van der Waals surface area contributed by atoms with E-state index in [2.05, 4.69) is 43.8 Å². The van der Waals surface area contributed by atoms with Crippen LogP contribution in [0.2, 0.25) is 0 Å². The Hall–Kier alpha value is -1.87. The zero-order valence-corrected chi connectivity index (χ0v) is 18.4. The van der Waals surface area contributed by atoms with Gasteiger partial charge < -0.3 is 10.1 Å². The number of ether oxygens (including phenoxy) is 1. The number of nitrogens with one attached hydrogen (secondary N) is 1. The molecule has 1 aliphatic heterocycles. The molecule has 140 valence electrons. The quantitative estimate of drug-likeness (QED) is 0.321. The number of rotatable bonds is 6. The van der Waals surface area contributed by atoms with E-state index in [1.165, 1.54) is 4.90 Å². The van der Waals surface area contributed by atoms with Crippen LogP contribution in [-0.4, -0.2) is 23.4 Å². The number of amides is 3. The molecule has 2 aromatic rings. The fourth-order valence-corrected chi connectivity index (χ4v) is 3.59. The predicted octanol–water partition coefficient (Wildman–Crippen LogP) is 4.94. The van der Waals surface area contributed by atoms with E-state index in [1.807, 2.05) is 49.4 Å². The Kier molecular flexibility index (Phi) is 6.54. The van der Waals surface area contributed by atoms with Gasteiger partial charge in [0.2, 0.25) is 0 Å². The van der Waals surface area contributed by atoms with E-state index in [-0.39, 0.29) is 11.9 Å². The van der Waals surface area contributed by atoms with Gasteiger partial charge in [-0.15, -0.1) is 0 Å². The lowest BCUT2D eigenvalue weighted by Gasteiger charge is -2.10. The Morgan fingerprint density at radius 2 is 1.93 bits per heavy atom. The minimum absolute atomic E-state index is 0.285. The molecule has 1 heterocycles. The molecule has 1 fully saturated rings. The normalized spacial score (nSPS) is 15.4. The molecule has 27 heavy (non-hydrogen) atoms. The summed E-state index contributed by atoms with van der Waals surface area (Å²) in [5, 5.41) is 2.63. The maximum absolute atomic E-state index is 12.3. The minimum Gasteiger partial charge on any atom is -0.488 e. The summed E-state index contributed by atoms with van der Waals surface area (Å²) in [5.41, 5.74) is 2.21. The fourth-order valence-electron chi connectivity index (χ4n) is 2.63. The average Bonchev–Trinajstić information content (AvgIpc) is 2.90. The SMILES string of the molecule is CCCN1C(=O)N/C(=C/c2ccc(OCc3ccc(Br)cc3)c(I)c2)C1=O. The molecule has 3 amide bonds. The van der Waals surface area contributed by atoms with Gasteiger partial charge in [-0.2, -0.15) is 0 Å². The van der Waals surface area contributed by atoms with Gasteiger partial charge in [-0.3, -0.25) is 9.69 Å². The average molecular weight is 541 g/mol. The van der Waals surface area contributed by atoms with Crippen molar-refractivity contribution in [1.82, 2.24) is 10.2 Å². The van der Waals surface area contributed by atoms with Crippen molar-refractivity contribution in [2.24, 2.45) is 0 Å². The molecule has 1 saturated heterocycles. The summed E-state index contributed by atoms with van der Waals surface area (Å²) < 4.78 is 7.85. The Morgan fingerprint density at radius 3 is 2.59 bits per heavy atom. The second-order valence-electron chi connectivity index (χ2n) is 6.05.